The number of carbonyl (C=O) groups excluding carboxylic acids is 1. The Hall–Kier alpha value is -1.06. The fraction of sp³-hybridized carbons (Fsp3) is 0.905. The quantitative estimate of drug-likeness (QED) is 0.464. The van der Waals surface area contributed by atoms with Crippen LogP contribution in [0.3, 0.4) is 0 Å². The maximum Gasteiger partial charge on any atom is 0.309 e. The Morgan fingerprint density at radius 3 is 2.28 bits per heavy atom. The Bertz CT molecular complexity index is 393. The lowest BCUT2D eigenvalue weighted by Crippen LogP contribution is -2.31. The van der Waals surface area contributed by atoms with Crippen LogP contribution in [0.25, 0.3) is 0 Å². The highest BCUT2D eigenvalue weighted by molar-refractivity contribution is 5.75. The summed E-state index contributed by atoms with van der Waals surface area (Å²) in [6.07, 6.45) is 11.5. The number of unbranched alkanes of at least 4 members (excludes halogenated alkanes) is 2. The van der Waals surface area contributed by atoms with E-state index in [1.807, 2.05) is 0 Å². The lowest BCUT2D eigenvalue weighted by Gasteiger charge is -2.28. The molecule has 146 valence electrons. The number of carbonyl (C=O) groups is 2. The SMILES string of the molecule is CCCCC(CC)CC(CCCC)OC(=O)C1CCCC(C(=O)O)C1. The first kappa shape index (κ1) is 22.0. The molecule has 0 saturated heterocycles. The molecule has 4 heteroatoms. The lowest BCUT2D eigenvalue weighted by atomic mass is 9.81. The summed E-state index contributed by atoms with van der Waals surface area (Å²) >= 11 is 0. The van der Waals surface area contributed by atoms with Gasteiger partial charge in [-0.1, -0.05) is 65.7 Å². The minimum Gasteiger partial charge on any atom is -0.481 e. The number of rotatable bonds is 12. The number of hydrogen-bond donors (Lipinski definition) is 1. The minimum atomic E-state index is -0.773. The van der Waals surface area contributed by atoms with Gasteiger partial charge in [0.05, 0.1) is 11.8 Å². The van der Waals surface area contributed by atoms with Gasteiger partial charge in [-0.15, -0.1) is 0 Å². The van der Waals surface area contributed by atoms with Gasteiger partial charge in [0.1, 0.15) is 6.10 Å². The molecule has 4 unspecified atom stereocenters. The second-order valence-electron chi connectivity index (χ2n) is 7.75. The van der Waals surface area contributed by atoms with Gasteiger partial charge >= 0.3 is 11.9 Å². The average Bonchev–Trinajstić information content (AvgIpc) is 2.62. The Balaban J connectivity index is 2.59. The zero-order valence-electron chi connectivity index (χ0n) is 16.5. The highest BCUT2D eigenvalue weighted by Gasteiger charge is 2.33. The normalized spacial score (nSPS) is 23.0. The van der Waals surface area contributed by atoms with Gasteiger partial charge in [0.25, 0.3) is 0 Å². The third-order valence-corrected chi connectivity index (χ3v) is 5.66. The smallest absolute Gasteiger partial charge is 0.309 e. The highest BCUT2D eigenvalue weighted by atomic mass is 16.5. The summed E-state index contributed by atoms with van der Waals surface area (Å²) in [5.41, 5.74) is 0. The third-order valence-electron chi connectivity index (χ3n) is 5.66. The van der Waals surface area contributed by atoms with Crippen LogP contribution in [0.5, 0.6) is 0 Å². The third kappa shape index (κ3) is 8.24. The summed E-state index contributed by atoms with van der Waals surface area (Å²) in [5, 5.41) is 9.22. The second-order valence-corrected chi connectivity index (χ2v) is 7.75. The molecule has 0 aromatic heterocycles. The molecular weight excluding hydrogens is 316 g/mol. The maximum absolute atomic E-state index is 12.6. The standard InChI is InChI=1S/C21H38O4/c1-4-7-10-16(6-3)14-19(13-8-5-2)25-21(24)18-12-9-11-17(15-18)20(22)23/h16-19H,4-15H2,1-3H3,(H,22,23). The maximum atomic E-state index is 12.6. The van der Waals surface area contributed by atoms with Crippen molar-refractivity contribution < 1.29 is 19.4 Å². The van der Waals surface area contributed by atoms with Crippen LogP contribution in [0.15, 0.2) is 0 Å². The number of hydrogen-bond acceptors (Lipinski definition) is 3. The fourth-order valence-electron chi connectivity index (χ4n) is 3.90. The van der Waals surface area contributed by atoms with E-state index in [9.17, 15) is 14.7 Å². The molecule has 0 radical (unpaired) electrons. The van der Waals surface area contributed by atoms with Crippen LogP contribution in [-0.2, 0) is 14.3 Å². The van der Waals surface area contributed by atoms with E-state index < -0.39 is 5.97 Å². The Morgan fingerprint density at radius 1 is 1.04 bits per heavy atom. The zero-order chi connectivity index (χ0) is 18.7. The molecule has 1 N–H and O–H groups in total. The molecule has 0 heterocycles. The van der Waals surface area contributed by atoms with Crippen molar-refractivity contribution in [2.24, 2.45) is 17.8 Å². The van der Waals surface area contributed by atoms with Crippen LogP contribution in [0, 0.1) is 17.8 Å². The number of carboxylic acids is 1. The first-order chi connectivity index (χ1) is 12.0. The molecule has 0 amide bonds. The second kappa shape index (κ2) is 12.3. The van der Waals surface area contributed by atoms with Crippen LogP contribution in [0.2, 0.25) is 0 Å². The largest absolute Gasteiger partial charge is 0.481 e. The molecule has 1 aliphatic carbocycles. The molecule has 0 aromatic carbocycles. The van der Waals surface area contributed by atoms with Gasteiger partial charge in [-0.05, 0) is 38.0 Å². The number of carboxylic acid groups (broad SMARTS) is 1. The Morgan fingerprint density at radius 2 is 1.68 bits per heavy atom. The molecule has 1 aliphatic rings. The van der Waals surface area contributed by atoms with E-state index >= 15 is 0 Å². The molecule has 25 heavy (non-hydrogen) atoms. The summed E-state index contributed by atoms with van der Waals surface area (Å²) in [6.45, 7) is 6.59. The van der Waals surface area contributed by atoms with Gasteiger partial charge in [0, 0.05) is 0 Å². The Labute approximate surface area is 153 Å². The molecular formula is C21H38O4. The molecule has 1 fully saturated rings. The summed E-state index contributed by atoms with van der Waals surface area (Å²) in [6, 6.07) is 0. The summed E-state index contributed by atoms with van der Waals surface area (Å²) in [5.74, 6) is -0.918. The molecule has 0 spiro atoms. The van der Waals surface area contributed by atoms with E-state index in [0.29, 0.717) is 18.8 Å². The zero-order valence-corrected chi connectivity index (χ0v) is 16.5. The van der Waals surface area contributed by atoms with Crippen molar-refractivity contribution in [1.29, 1.82) is 0 Å². The molecule has 0 bridgehead atoms. The van der Waals surface area contributed by atoms with E-state index in [-0.39, 0.29) is 23.9 Å². The summed E-state index contributed by atoms with van der Waals surface area (Å²) in [7, 11) is 0. The van der Waals surface area contributed by atoms with Crippen LogP contribution < -0.4 is 0 Å². The van der Waals surface area contributed by atoms with Crippen molar-refractivity contribution in [3.8, 4) is 0 Å². The van der Waals surface area contributed by atoms with Crippen LogP contribution in [0.4, 0.5) is 0 Å². The van der Waals surface area contributed by atoms with Crippen LogP contribution in [0.1, 0.15) is 97.8 Å². The number of aliphatic carboxylic acids is 1. The molecule has 1 rings (SSSR count). The highest BCUT2D eigenvalue weighted by Crippen LogP contribution is 2.31. The monoisotopic (exact) mass is 354 g/mol. The van der Waals surface area contributed by atoms with Gasteiger partial charge in [0.15, 0.2) is 0 Å². The van der Waals surface area contributed by atoms with Crippen molar-refractivity contribution in [2.45, 2.75) is 104 Å². The van der Waals surface area contributed by atoms with Gasteiger partial charge in [-0.25, -0.2) is 0 Å². The van der Waals surface area contributed by atoms with Crippen molar-refractivity contribution >= 4 is 11.9 Å². The van der Waals surface area contributed by atoms with E-state index in [4.69, 9.17) is 4.74 Å². The van der Waals surface area contributed by atoms with Crippen molar-refractivity contribution in [3.05, 3.63) is 0 Å². The predicted octanol–water partition coefficient (Wildman–Crippen LogP) is 5.59. The van der Waals surface area contributed by atoms with Gasteiger partial charge < -0.3 is 9.84 Å². The lowest BCUT2D eigenvalue weighted by molar-refractivity contribution is -0.158. The van der Waals surface area contributed by atoms with Crippen LogP contribution >= 0.6 is 0 Å². The van der Waals surface area contributed by atoms with E-state index in [2.05, 4.69) is 20.8 Å². The first-order valence-electron chi connectivity index (χ1n) is 10.4. The molecule has 4 atom stereocenters. The summed E-state index contributed by atoms with van der Waals surface area (Å²) in [4.78, 5) is 23.8. The fourth-order valence-corrected chi connectivity index (χ4v) is 3.90. The van der Waals surface area contributed by atoms with Crippen molar-refractivity contribution in [2.75, 3.05) is 0 Å². The average molecular weight is 355 g/mol. The molecule has 4 nitrogen and oxygen atoms in total. The molecule has 1 saturated carbocycles. The molecule has 0 aromatic rings. The van der Waals surface area contributed by atoms with Gasteiger partial charge in [-0.3, -0.25) is 9.59 Å². The van der Waals surface area contributed by atoms with Crippen LogP contribution in [-0.4, -0.2) is 23.1 Å². The number of esters is 1. The van der Waals surface area contributed by atoms with Gasteiger partial charge in [0.2, 0.25) is 0 Å². The van der Waals surface area contributed by atoms with Gasteiger partial charge in [-0.2, -0.15) is 0 Å². The predicted molar refractivity (Wildman–Crippen MR) is 100 cm³/mol. The topological polar surface area (TPSA) is 63.6 Å². The van der Waals surface area contributed by atoms with E-state index in [1.54, 1.807) is 0 Å². The van der Waals surface area contributed by atoms with E-state index in [0.717, 1.165) is 44.9 Å². The Kier molecular flexibility index (Phi) is 10.8. The molecule has 0 aliphatic heterocycles. The number of ether oxygens (including phenoxy) is 1. The summed E-state index contributed by atoms with van der Waals surface area (Å²) < 4.78 is 5.90. The first-order valence-corrected chi connectivity index (χ1v) is 10.4. The van der Waals surface area contributed by atoms with Crippen molar-refractivity contribution in [1.82, 2.24) is 0 Å². The minimum absolute atomic E-state index is 0.000499. The van der Waals surface area contributed by atoms with Crippen molar-refractivity contribution in [3.63, 3.8) is 0 Å². The van der Waals surface area contributed by atoms with E-state index in [1.165, 1.54) is 19.3 Å².